The summed E-state index contributed by atoms with van der Waals surface area (Å²) in [5.74, 6) is 0.00201. The van der Waals surface area contributed by atoms with Crippen molar-refractivity contribution in [2.45, 2.75) is 13.3 Å². The van der Waals surface area contributed by atoms with Crippen LogP contribution in [0.2, 0.25) is 0 Å². The Morgan fingerprint density at radius 3 is 2.60 bits per heavy atom. The predicted molar refractivity (Wildman–Crippen MR) is 77.8 cm³/mol. The highest BCUT2D eigenvalue weighted by Gasteiger charge is 2.23. The van der Waals surface area contributed by atoms with Gasteiger partial charge in [0.15, 0.2) is 5.78 Å². The van der Waals surface area contributed by atoms with Crippen molar-refractivity contribution in [2.75, 3.05) is 5.32 Å². The van der Waals surface area contributed by atoms with Gasteiger partial charge in [-0.1, -0.05) is 37.3 Å². The fourth-order valence-electron chi connectivity index (χ4n) is 2.46. The number of fused-ring (bicyclic) bond motifs is 1. The zero-order valence-electron chi connectivity index (χ0n) is 11.2. The van der Waals surface area contributed by atoms with Gasteiger partial charge in [-0.05, 0) is 30.2 Å². The third-order valence-corrected chi connectivity index (χ3v) is 3.63. The number of rotatable bonds is 2. The molecule has 1 amide bonds. The van der Waals surface area contributed by atoms with Crippen molar-refractivity contribution in [1.29, 1.82) is 0 Å². The fourth-order valence-corrected chi connectivity index (χ4v) is 2.46. The molecule has 0 fully saturated rings. The number of carbonyl (C=O) groups excluding carboxylic acids is 2. The van der Waals surface area contributed by atoms with Crippen LogP contribution in [0.4, 0.5) is 5.69 Å². The molecule has 3 rings (SSSR count). The van der Waals surface area contributed by atoms with Crippen LogP contribution in [0.25, 0.3) is 0 Å². The Kier molecular flexibility index (Phi) is 3.11. The van der Waals surface area contributed by atoms with E-state index in [1.54, 1.807) is 6.07 Å². The smallest absolute Gasteiger partial charge is 0.227 e. The van der Waals surface area contributed by atoms with Crippen LogP contribution in [0.3, 0.4) is 0 Å². The van der Waals surface area contributed by atoms with Gasteiger partial charge in [-0.15, -0.1) is 0 Å². The summed E-state index contributed by atoms with van der Waals surface area (Å²) >= 11 is 0. The van der Waals surface area contributed by atoms with Gasteiger partial charge in [0.05, 0.1) is 0 Å². The maximum absolute atomic E-state index is 12.4. The number of anilines is 1. The summed E-state index contributed by atoms with van der Waals surface area (Å²) in [7, 11) is 0. The van der Waals surface area contributed by atoms with E-state index in [4.69, 9.17) is 0 Å². The lowest BCUT2D eigenvalue weighted by molar-refractivity contribution is -0.119. The Morgan fingerprint density at radius 2 is 1.85 bits per heavy atom. The van der Waals surface area contributed by atoms with Gasteiger partial charge in [0.1, 0.15) is 0 Å². The van der Waals surface area contributed by atoms with Crippen molar-refractivity contribution in [2.24, 2.45) is 5.92 Å². The summed E-state index contributed by atoms with van der Waals surface area (Å²) < 4.78 is 0. The molecule has 0 aliphatic carbocycles. The summed E-state index contributed by atoms with van der Waals surface area (Å²) in [6.45, 7) is 1.89. The topological polar surface area (TPSA) is 46.2 Å². The van der Waals surface area contributed by atoms with E-state index in [2.05, 4.69) is 5.32 Å². The average molecular weight is 265 g/mol. The van der Waals surface area contributed by atoms with Crippen LogP contribution in [0, 0.1) is 5.92 Å². The minimum absolute atomic E-state index is 0.0120. The zero-order chi connectivity index (χ0) is 14.1. The lowest BCUT2D eigenvalue weighted by atomic mass is 9.92. The molecular weight excluding hydrogens is 250 g/mol. The number of nitrogens with one attached hydrogen (secondary N) is 1. The first kappa shape index (κ1) is 12.6. The molecule has 0 aromatic heterocycles. The van der Waals surface area contributed by atoms with Crippen molar-refractivity contribution in [3.63, 3.8) is 0 Å². The third-order valence-electron chi connectivity index (χ3n) is 3.63. The van der Waals surface area contributed by atoms with Crippen LogP contribution in [0.5, 0.6) is 0 Å². The van der Waals surface area contributed by atoms with Crippen molar-refractivity contribution >= 4 is 17.4 Å². The molecule has 0 bridgehead atoms. The van der Waals surface area contributed by atoms with E-state index in [0.29, 0.717) is 17.5 Å². The number of benzene rings is 2. The Balaban J connectivity index is 1.95. The van der Waals surface area contributed by atoms with E-state index >= 15 is 0 Å². The maximum atomic E-state index is 12.4. The second kappa shape index (κ2) is 4.93. The van der Waals surface area contributed by atoms with Crippen LogP contribution in [0.15, 0.2) is 48.5 Å². The lowest BCUT2D eigenvalue weighted by Gasteiger charge is -2.22. The molecule has 1 aliphatic rings. The van der Waals surface area contributed by atoms with Crippen molar-refractivity contribution < 1.29 is 9.59 Å². The Morgan fingerprint density at radius 1 is 1.10 bits per heavy atom. The largest absolute Gasteiger partial charge is 0.326 e. The van der Waals surface area contributed by atoms with Crippen molar-refractivity contribution in [1.82, 2.24) is 0 Å². The van der Waals surface area contributed by atoms with E-state index < -0.39 is 0 Å². The van der Waals surface area contributed by atoms with Crippen molar-refractivity contribution in [3.05, 3.63) is 65.2 Å². The number of amides is 1. The van der Waals surface area contributed by atoms with Gasteiger partial charge < -0.3 is 5.32 Å². The van der Waals surface area contributed by atoms with Crippen LogP contribution < -0.4 is 5.32 Å². The predicted octanol–water partition coefficient (Wildman–Crippen LogP) is 3.05. The molecule has 2 aromatic carbocycles. The highest BCUT2D eigenvalue weighted by molar-refractivity contribution is 6.09. The first-order valence-corrected chi connectivity index (χ1v) is 6.68. The summed E-state index contributed by atoms with van der Waals surface area (Å²) in [6, 6.07) is 14.7. The quantitative estimate of drug-likeness (QED) is 0.848. The molecule has 0 saturated carbocycles. The molecule has 100 valence electrons. The standard InChI is InChI=1S/C17H15NO2/c1-11-9-14-10-13(7-8-15(14)18-17(11)20)16(19)12-5-3-2-4-6-12/h2-8,10-11H,9H2,1H3,(H,18,20). The molecule has 3 heteroatoms. The van der Waals surface area contributed by atoms with Gasteiger partial charge in [-0.2, -0.15) is 0 Å². The molecular formula is C17H15NO2. The van der Waals surface area contributed by atoms with E-state index in [1.807, 2.05) is 49.4 Å². The van der Waals surface area contributed by atoms with Gasteiger partial charge in [-0.25, -0.2) is 0 Å². The highest BCUT2D eigenvalue weighted by Crippen LogP contribution is 2.27. The summed E-state index contributed by atoms with van der Waals surface area (Å²) in [5.41, 5.74) is 3.19. The monoisotopic (exact) mass is 265 g/mol. The number of carbonyl (C=O) groups is 2. The number of hydrogen-bond acceptors (Lipinski definition) is 2. The molecule has 1 heterocycles. The van der Waals surface area contributed by atoms with Gasteiger partial charge in [-0.3, -0.25) is 9.59 Å². The van der Waals surface area contributed by atoms with Gasteiger partial charge in [0.2, 0.25) is 5.91 Å². The second-order valence-corrected chi connectivity index (χ2v) is 5.16. The molecule has 0 saturated heterocycles. The molecule has 1 atom stereocenters. The minimum Gasteiger partial charge on any atom is -0.326 e. The normalized spacial score (nSPS) is 17.2. The van der Waals surface area contributed by atoms with E-state index in [0.717, 1.165) is 11.3 Å². The molecule has 2 aromatic rings. The minimum atomic E-state index is -0.0513. The SMILES string of the molecule is CC1Cc2cc(C(=O)c3ccccc3)ccc2NC1=O. The Bertz CT molecular complexity index is 677. The van der Waals surface area contributed by atoms with Crippen LogP contribution in [0.1, 0.15) is 28.4 Å². The van der Waals surface area contributed by atoms with Crippen LogP contribution >= 0.6 is 0 Å². The molecule has 1 N–H and O–H groups in total. The summed E-state index contributed by atoms with van der Waals surface area (Å²) in [4.78, 5) is 24.0. The highest BCUT2D eigenvalue weighted by atomic mass is 16.2. The lowest BCUT2D eigenvalue weighted by Crippen LogP contribution is -2.27. The number of hydrogen-bond donors (Lipinski definition) is 1. The molecule has 0 spiro atoms. The Labute approximate surface area is 117 Å². The second-order valence-electron chi connectivity index (χ2n) is 5.16. The van der Waals surface area contributed by atoms with Crippen molar-refractivity contribution in [3.8, 4) is 0 Å². The fraction of sp³-hybridized carbons (Fsp3) is 0.176. The molecule has 0 radical (unpaired) electrons. The summed E-state index contributed by atoms with van der Waals surface area (Å²) in [5, 5.41) is 2.87. The van der Waals surface area contributed by atoms with E-state index in [9.17, 15) is 9.59 Å². The first-order chi connectivity index (χ1) is 9.65. The maximum Gasteiger partial charge on any atom is 0.227 e. The van der Waals surface area contributed by atoms with Crippen LogP contribution in [-0.4, -0.2) is 11.7 Å². The summed E-state index contributed by atoms with van der Waals surface area (Å²) in [6.07, 6.45) is 0.678. The van der Waals surface area contributed by atoms with Gasteiger partial charge >= 0.3 is 0 Å². The number of ketones is 1. The van der Waals surface area contributed by atoms with Gasteiger partial charge in [0.25, 0.3) is 0 Å². The zero-order valence-corrected chi connectivity index (χ0v) is 11.2. The Hall–Kier alpha value is -2.42. The van der Waals surface area contributed by atoms with E-state index in [-0.39, 0.29) is 17.6 Å². The first-order valence-electron chi connectivity index (χ1n) is 6.68. The molecule has 1 aliphatic heterocycles. The molecule has 20 heavy (non-hydrogen) atoms. The average Bonchev–Trinajstić information content (AvgIpc) is 2.48. The third kappa shape index (κ3) is 2.23. The van der Waals surface area contributed by atoms with E-state index in [1.165, 1.54) is 0 Å². The molecule has 3 nitrogen and oxygen atoms in total. The molecule has 1 unspecified atom stereocenters. The van der Waals surface area contributed by atoms with Gasteiger partial charge in [0, 0.05) is 22.7 Å². The van der Waals surface area contributed by atoms with Crippen LogP contribution in [-0.2, 0) is 11.2 Å².